The number of aromatic nitrogens is 2. The molecule has 5 rings (SSSR count). The van der Waals surface area contributed by atoms with Gasteiger partial charge in [-0.1, -0.05) is 101 Å². The second-order valence-corrected chi connectivity index (χ2v) is 23.2. The first-order valence-corrected chi connectivity index (χ1v) is 30.5. The van der Waals surface area contributed by atoms with Gasteiger partial charge in [-0.25, -0.2) is 4.79 Å². The van der Waals surface area contributed by atoms with Crippen molar-refractivity contribution in [2.45, 2.75) is 147 Å². The minimum absolute atomic E-state index is 0.0425. The van der Waals surface area contributed by atoms with E-state index in [9.17, 15) is 68.4 Å². The quantitative estimate of drug-likeness (QED) is 0.0247. The van der Waals surface area contributed by atoms with Crippen molar-refractivity contribution >= 4 is 92.7 Å². The monoisotopic (exact) mass is 1240 g/mol. The average molecular weight is 1240 g/mol. The normalized spacial score (nSPS) is 15.5. The second kappa shape index (κ2) is 34.2. The molecule has 26 nitrogen and oxygen atoms in total. The van der Waals surface area contributed by atoms with Gasteiger partial charge in [0, 0.05) is 53.5 Å². The predicted molar refractivity (Wildman–Crippen MR) is 331 cm³/mol. The zero-order chi connectivity index (χ0) is 64.8. The van der Waals surface area contributed by atoms with Crippen LogP contribution in [0.2, 0.25) is 0 Å². The molecule has 0 spiro atoms. The molecule has 2 heterocycles. The van der Waals surface area contributed by atoms with Crippen LogP contribution in [-0.2, 0) is 67.2 Å². The number of carboxylic acid groups (broad SMARTS) is 1. The number of benzene rings is 3. The summed E-state index contributed by atoms with van der Waals surface area (Å²) in [7, 11) is 0. The zero-order valence-corrected chi connectivity index (χ0v) is 51.2. The van der Waals surface area contributed by atoms with Crippen LogP contribution in [0, 0.1) is 11.8 Å². The highest BCUT2D eigenvalue weighted by Crippen LogP contribution is 2.22. The Labute approximate surface area is 514 Å². The molecule has 0 aliphatic carbocycles. The maximum atomic E-state index is 14.8. The van der Waals surface area contributed by atoms with Crippen LogP contribution in [-0.4, -0.2) is 181 Å². The van der Waals surface area contributed by atoms with E-state index in [2.05, 4.69) is 57.8 Å². The minimum Gasteiger partial charge on any atom is -0.480 e. The fourth-order valence-corrected chi connectivity index (χ4v) is 10.1. The summed E-state index contributed by atoms with van der Waals surface area (Å²) in [5.41, 5.74) is 8.80. The maximum absolute atomic E-state index is 14.8. The Morgan fingerprint density at radius 2 is 0.989 bits per heavy atom. The van der Waals surface area contributed by atoms with Crippen molar-refractivity contribution in [1.82, 2.24) is 57.8 Å². The van der Waals surface area contributed by atoms with Crippen LogP contribution in [0.5, 0.6) is 0 Å². The summed E-state index contributed by atoms with van der Waals surface area (Å²) in [5.74, 6) is -9.81. The fraction of sp³-hybridized carbons (Fsp3) is 0.475. The molecule has 3 aromatic carbocycles. The standard InChI is InChI=1S/C61H84N12O14S/c1-8-33(4)51(59(84)69-45(26-37-28-63-41-20-14-12-18-39(37)41)55(80)67-44(25-36-16-10-9-11-17-36)54(79)70-47(61(86)87)24-32(2)3)72-60(85)52(35(6)76)73-56(81)46(27-38-29-64-42-21-15-13-19-40(38)42)68-57(82)48(31-74)71-53(78)43(22-23-88-7)66-49(77)30-65-58(83)50(62)34(5)75/h9-21,28-29,32-35,43-48,50-52,63-64,74-76H,8,22-27,30-31,62H2,1-7H3,(H,65,83)(H,66,77)(H,67,80)(H,68,82)(H,69,84)(H,70,79)(H,71,78)(H,72,85)(H,73,81)(H,86,87)/t33-,34+,35+,43-,44-,45-,46-,47-,48-,50-,51-,52-/m0/s1. The van der Waals surface area contributed by atoms with Crippen LogP contribution in [0.3, 0.4) is 0 Å². The molecule has 0 unspecified atom stereocenters. The number of carbonyl (C=O) groups is 10. The summed E-state index contributed by atoms with van der Waals surface area (Å²) in [6, 6.07) is 9.85. The summed E-state index contributed by atoms with van der Waals surface area (Å²) in [4.78, 5) is 144. The highest BCUT2D eigenvalue weighted by atomic mass is 32.2. The van der Waals surface area contributed by atoms with Gasteiger partial charge in [-0.2, -0.15) is 11.8 Å². The third-order valence-electron chi connectivity index (χ3n) is 14.9. The lowest BCUT2D eigenvalue weighted by atomic mass is 9.96. The topological polar surface area (TPSA) is 417 Å². The molecule has 88 heavy (non-hydrogen) atoms. The number of nitrogens with one attached hydrogen (secondary N) is 11. The number of thioether (sulfide) groups is 1. The average Bonchev–Trinajstić information content (AvgIpc) is 4.37. The van der Waals surface area contributed by atoms with Gasteiger partial charge in [-0.05, 0) is 79.4 Å². The smallest absolute Gasteiger partial charge is 0.326 e. The maximum Gasteiger partial charge on any atom is 0.326 e. The number of carboxylic acids is 1. The van der Waals surface area contributed by atoms with Gasteiger partial charge in [-0.15, -0.1) is 0 Å². The molecule has 0 aliphatic heterocycles. The van der Waals surface area contributed by atoms with E-state index >= 15 is 0 Å². The summed E-state index contributed by atoms with van der Waals surface area (Å²) in [5, 5.41) is 65.8. The molecule has 17 N–H and O–H groups in total. The first kappa shape index (κ1) is 70.4. The third-order valence-corrected chi connectivity index (χ3v) is 15.5. The molecule has 0 fully saturated rings. The summed E-state index contributed by atoms with van der Waals surface area (Å²) in [6.45, 7) is 7.91. The van der Waals surface area contributed by atoms with Gasteiger partial charge in [-0.3, -0.25) is 43.2 Å². The van der Waals surface area contributed by atoms with Crippen molar-refractivity contribution in [1.29, 1.82) is 0 Å². The van der Waals surface area contributed by atoms with E-state index in [1.165, 1.54) is 25.6 Å². The molecule has 0 saturated carbocycles. The number of hydrogen-bond donors (Lipinski definition) is 16. The second-order valence-electron chi connectivity index (χ2n) is 22.3. The largest absolute Gasteiger partial charge is 0.480 e. The lowest BCUT2D eigenvalue weighted by molar-refractivity contribution is -0.142. The number of para-hydroxylation sites is 2. The Morgan fingerprint density at radius 1 is 0.534 bits per heavy atom. The first-order chi connectivity index (χ1) is 41.8. The van der Waals surface area contributed by atoms with Crippen molar-refractivity contribution in [3.05, 3.63) is 108 Å². The highest BCUT2D eigenvalue weighted by Gasteiger charge is 2.38. The van der Waals surface area contributed by atoms with Gasteiger partial charge < -0.3 is 84.0 Å². The summed E-state index contributed by atoms with van der Waals surface area (Å²) < 4.78 is 0. The molecule has 0 radical (unpaired) electrons. The molecule has 2 aromatic heterocycles. The van der Waals surface area contributed by atoms with Gasteiger partial charge in [0.15, 0.2) is 0 Å². The number of fused-ring (bicyclic) bond motifs is 2. The molecule has 5 aromatic rings. The zero-order valence-electron chi connectivity index (χ0n) is 50.4. The van der Waals surface area contributed by atoms with Gasteiger partial charge in [0.1, 0.15) is 54.4 Å². The number of carbonyl (C=O) groups excluding carboxylic acids is 9. The number of aliphatic carboxylic acids is 1. The SMILES string of the molecule is CC[C@H](C)[C@H](NC(=O)[C@@H](NC(=O)[C@H](Cc1c[nH]c2ccccc12)NC(=O)[C@H](CO)NC(=O)[C@H](CCSC)NC(=O)CNC(=O)[C@@H](N)[C@@H](C)O)[C@@H](C)O)C(=O)N[C@@H](Cc1c[nH]c2ccccc12)C(=O)N[C@@H](Cc1ccccc1)C(=O)N[C@@H](CC(C)C)C(=O)O. The van der Waals surface area contributed by atoms with Crippen molar-refractivity contribution in [2.75, 3.05) is 25.2 Å². The molecule has 478 valence electrons. The van der Waals surface area contributed by atoms with Crippen LogP contribution in [0.15, 0.2) is 91.3 Å². The third kappa shape index (κ3) is 20.6. The summed E-state index contributed by atoms with van der Waals surface area (Å²) >= 11 is 1.34. The molecule has 27 heteroatoms. The van der Waals surface area contributed by atoms with Gasteiger partial charge >= 0.3 is 5.97 Å². The van der Waals surface area contributed by atoms with Crippen LogP contribution in [0.1, 0.15) is 77.5 Å². The van der Waals surface area contributed by atoms with Crippen LogP contribution >= 0.6 is 11.8 Å². The predicted octanol–water partition coefficient (Wildman–Crippen LogP) is -0.317. The van der Waals surface area contributed by atoms with E-state index in [0.29, 0.717) is 33.3 Å². The number of rotatable bonds is 35. The Balaban J connectivity index is 1.40. The van der Waals surface area contributed by atoms with E-state index in [0.717, 1.165) is 10.9 Å². The molecule has 9 amide bonds. The number of aliphatic hydroxyl groups is 3. The number of amides is 9. The first-order valence-electron chi connectivity index (χ1n) is 29.1. The molecule has 0 aliphatic rings. The van der Waals surface area contributed by atoms with Gasteiger partial charge in [0.2, 0.25) is 53.2 Å². The molecule has 0 bridgehead atoms. The minimum atomic E-state index is -1.80. The lowest BCUT2D eigenvalue weighted by Gasteiger charge is -2.30. The van der Waals surface area contributed by atoms with Crippen molar-refractivity contribution in [2.24, 2.45) is 17.6 Å². The number of aliphatic hydroxyl groups excluding tert-OH is 3. The van der Waals surface area contributed by atoms with Crippen molar-refractivity contribution in [3.63, 3.8) is 0 Å². The Hall–Kier alpha value is -8.37. The van der Waals surface area contributed by atoms with Gasteiger partial charge in [0.05, 0.1) is 25.4 Å². The van der Waals surface area contributed by atoms with Crippen LogP contribution in [0.4, 0.5) is 0 Å². The van der Waals surface area contributed by atoms with E-state index in [-0.39, 0.29) is 44.4 Å². The van der Waals surface area contributed by atoms with E-state index < -0.39 is 145 Å². The lowest BCUT2D eigenvalue weighted by Crippen LogP contribution is -2.63. The van der Waals surface area contributed by atoms with E-state index in [1.54, 1.807) is 107 Å². The van der Waals surface area contributed by atoms with Gasteiger partial charge in [0.25, 0.3) is 0 Å². The van der Waals surface area contributed by atoms with Crippen LogP contribution in [0.25, 0.3) is 21.8 Å². The highest BCUT2D eigenvalue weighted by molar-refractivity contribution is 7.98. The Kier molecular flexibility index (Phi) is 27.4. The number of hydrogen-bond acceptors (Lipinski definition) is 15. The van der Waals surface area contributed by atoms with Crippen molar-refractivity contribution < 1.29 is 68.4 Å². The molecular weight excluding hydrogens is 1160 g/mol. The fourth-order valence-electron chi connectivity index (χ4n) is 9.61. The number of H-pyrrole nitrogens is 2. The van der Waals surface area contributed by atoms with E-state index in [1.807, 2.05) is 18.2 Å². The van der Waals surface area contributed by atoms with Crippen LogP contribution < -0.4 is 53.6 Å². The molecule has 12 atom stereocenters. The Morgan fingerprint density at radius 3 is 1.49 bits per heavy atom. The number of aromatic amines is 2. The molecule has 0 saturated heterocycles. The van der Waals surface area contributed by atoms with E-state index in [4.69, 9.17) is 5.73 Å². The molecular formula is C61H84N12O14S. The Bertz CT molecular complexity index is 3190. The summed E-state index contributed by atoms with van der Waals surface area (Å²) in [6.07, 6.45) is 2.15. The number of nitrogens with two attached hydrogens (primary N) is 1. The van der Waals surface area contributed by atoms with Crippen molar-refractivity contribution in [3.8, 4) is 0 Å².